The molecule has 144 valence electrons. The highest BCUT2D eigenvalue weighted by Crippen LogP contribution is 2.19. The van der Waals surface area contributed by atoms with Gasteiger partial charge in [-0.05, 0) is 24.0 Å². The lowest BCUT2D eigenvalue weighted by molar-refractivity contribution is 0.252. The lowest BCUT2D eigenvalue weighted by Gasteiger charge is -2.35. The third kappa shape index (κ3) is 4.59. The van der Waals surface area contributed by atoms with Gasteiger partial charge in [0, 0.05) is 63.9 Å². The van der Waals surface area contributed by atoms with E-state index in [2.05, 4.69) is 48.9 Å². The van der Waals surface area contributed by atoms with Gasteiger partial charge in [-0.3, -0.25) is 9.89 Å². The first-order valence-electron chi connectivity index (χ1n) is 9.78. The van der Waals surface area contributed by atoms with Crippen LogP contribution >= 0.6 is 11.3 Å². The molecule has 0 bridgehead atoms. The number of aliphatic imine (C=N–C) groups is 1. The lowest BCUT2D eigenvalue weighted by Crippen LogP contribution is -2.51. The fraction of sp³-hybridized carbons (Fsp3) is 0.500. The topological polar surface area (TPSA) is 61.0 Å². The van der Waals surface area contributed by atoms with Crippen LogP contribution in [0.25, 0.3) is 0 Å². The number of guanidine groups is 1. The van der Waals surface area contributed by atoms with Crippen molar-refractivity contribution in [3.63, 3.8) is 0 Å². The fourth-order valence-corrected chi connectivity index (χ4v) is 4.53. The van der Waals surface area contributed by atoms with Gasteiger partial charge in [0.2, 0.25) is 0 Å². The molecule has 0 atom stereocenters. The standard InChI is InChI=1S/C20H28N6S/c21-19(25-11-13-26(14-12-25)20-23-8-15-27-20)22-7-3-9-24-10-6-17-4-1-2-5-18(17)16-24/h1-2,4-5,8,15H,3,6-7,9-14,16H2,(H2,21,22). The van der Waals surface area contributed by atoms with Gasteiger partial charge >= 0.3 is 0 Å². The van der Waals surface area contributed by atoms with E-state index in [1.54, 1.807) is 11.3 Å². The molecule has 0 saturated carbocycles. The molecule has 7 heteroatoms. The van der Waals surface area contributed by atoms with Gasteiger partial charge in [-0.2, -0.15) is 0 Å². The molecule has 3 heterocycles. The highest BCUT2D eigenvalue weighted by molar-refractivity contribution is 7.13. The number of aromatic nitrogens is 1. The van der Waals surface area contributed by atoms with E-state index < -0.39 is 0 Å². The number of nitrogens with two attached hydrogens (primary N) is 1. The summed E-state index contributed by atoms with van der Waals surface area (Å²) in [5, 5.41) is 3.13. The maximum Gasteiger partial charge on any atom is 0.191 e. The molecule has 2 aromatic rings. The Labute approximate surface area is 165 Å². The maximum absolute atomic E-state index is 6.23. The summed E-state index contributed by atoms with van der Waals surface area (Å²) in [5.41, 5.74) is 9.21. The Bertz CT molecular complexity index is 752. The van der Waals surface area contributed by atoms with Crippen molar-refractivity contribution in [3.8, 4) is 0 Å². The molecule has 0 unspecified atom stereocenters. The molecule has 2 aliphatic rings. The number of rotatable bonds is 5. The summed E-state index contributed by atoms with van der Waals surface area (Å²) in [4.78, 5) is 16.1. The van der Waals surface area contributed by atoms with E-state index in [4.69, 9.17) is 5.73 Å². The minimum Gasteiger partial charge on any atom is -0.370 e. The highest BCUT2D eigenvalue weighted by atomic mass is 32.1. The van der Waals surface area contributed by atoms with E-state index in [1.165, 1.54) is 11.1 Å². The van der Waals surface area contributed by atoms with Crippen LogP contribution in [0.5, 0.6) is 0 Å². The second kappa shape index (κ2) is 8.71. The second-order valence-corrected chi connectivity index (χ2v) is 8.05. The van der Waals surface area contributed by atoms with Gasteiger partial charge in [0.25, 0.3) is 0 Å². The number of benzene rings is 1. The molecular weight excluding hydrogens is 356 g/mol. The largest absolute Gasteiger partial charge is 0.370 e. The highest BCUT2D eigenvalue weighted by Gasteiger charge is 2.20. The van der Waals surface area contributed by atoms with E-state index in [1.807, 2.05) is 11.6 Å². The van der Waals surface area contributed by atoms with Crippen LogP contribution in [0.2, 0.25) is 0 Å². The number of nitrogens with zero attached hydrogens (tertiary/aromatic N) is 5. The molecule has 1 aromatic heterocycles. The molecule has 0 spiro atoms. The molecule has 0 radical (unpaired) electrons. The van der Waals surface area contributed by atoms with Crippen molar-refractivity contribution < 1.29 is 0 Å². The summed E-state index contributed by atoms with van der Waals surface area (Å²) in [7, 11) is 0. The van der Waals surface area contributed by atoms with Crippen LogP contribution in [-0.2, 0) is 13.0 Å². The van der Waals surface area contributed by atoms with Crippen molar-refractivity contribution >= 4 is 22.4 Å². The first kappa shape index (κ1) is 18.3. The SMILES string of the molecule is NC(=NCCCN1CCc2ccccc2C1)N1CCN(c2nccs2)CC1. The number of piperazine rings is 1. The van der Waals surface area contributed by atoms with Crippen molar-refractivity contribution in [1.82, 2.24) is 14.8 Å². The Hall–Kier alpha value is -2.12. The first-order valence-corrected chi connectivity index (χ1v) is 10.7. The Morgan fingerprint density at radius 3 is 2.70 bits per heavy atom. The molecule has 4 rings (SSSR count). The summed E-state index contributed by atoms with van der Waals surface area (Å²) in [6.07, 6.45) is 4.08. The average molecular weight is 385 g/mol. The first-order chi connectivity index (χ1) is 13.3. The summed E-state index contributed by atoms with van der Waals surface area (Å²) in [6.45, 7) is 7.84. The summed E-state index contributed by atoms with van der Waals surface area (Å²) in [6, 6.07) is 8.79. The summed E-state index contributed by atoms with van der Waals surface area (Å²) in [5.74, 6) is 0.692. The lowest BCUT2D eigenvalue weighted by atomic mass is 10.00. The van der Waals surface area contributed by atoms with Crippen LogP contribution in [-0.4, -0.2) is 66.6 Å². The number of hydrogen-bond acceptors (Lipinski definition) is 5. The molecule has 2 aliphatic heterocycles. The van der Waals surface area contributed by atoms with Crippen molar-refractivity contribution in [2.24, 2.45) is 10.7 Å². The van der Waals surface area contributed by atoms with E-state index in [0.29, 0.717) is 5.96 Å². The fourth-order valence-electron chi connectivity index (χ4n) is 3.83. The van der Waals surface area contributed by atoms with Gasteiger partial charge < -0.3 is 15.5 Å². The van der Waals surface area contributed by atoms with Gasteiger partial charge in [0.1, 0.15) is 0 Å². The zero-order valence-electron chi connectivity index (χ0n) is 15.8. The minimum absolute atomic E-state index is 0.692. The Balaban J connectivity index is 1.18. The number of fused-ring (bicyclic) bond motifs is 1. The molecule has 27 heavy (non-hydrogen) atoms. The van der Waals surface area contributed by atoms with Crippen LogP contribution < -0.4 is 10.6 Å². The van der Waals surface area contributed by atoms with Crippen LogP contribution in [0.1, 0.15) is 17.5 Å². The van der Waals surface area contributed by atoms with E-state index in [-0.39, 0.29) is 0 Å². The van der Waals surface area contributed by atoms with Crippen molar-refractivity contribution in [2.75, 3.05) is 50.7 Å². The average Bonchev–Trinajstić information content (AvgIpc) is 3.26. The molecule has 1 saturated heterocycles. The van der Waals surface area contributed by atoms with Crippen molar-refractivity contribution in [2.45, 2.75) is 19.4 Å². The quantitative estimate of drug-likeness (QED) is 0.486. The van der Waals surface area contributed by atoms with Crippen LogP contribution in [0, 0.1) is 0 Å². The van der Waals surface area contributed by atoms with Gasteiger partial charge in [0.05, 0.1) is 0 Å². The van der Waals surface area contributed by atoms with Crippen molar-refractivity contribution in [3.05, 3.63) is 47.0 Å². The Morgan fingerprint density at radius 2 is 1.93 bits per heavy atom. The molecule has 1 fully saturated rings. The molecule has 1 aromatic carbocycles. The molecule has 0 amide bonds. The number of thiazole rings is 1. The zero-order chi connectivity index (χ0) is 18.5. The van der Waals surface area contributed by atoms with Crippen molar-refractivity contribution in [1.29, 1.82) is 0 Å². The second-order valence-electron chi connectivity index (χ2n) is 7.18. The monoisotopic (exact) mass is 384 g/mol. The summed E-state index contributed by atoms with van der Waals surface area (Å²) < 4.78 is 0. The van der Waals surface area contributed by atoms with Crippen LogP contribution in [0.15, 0.2) is 40.8 Å². The van der Waals surface area contributed by atoms with Crippen LogP contribution in [0.3, 0.4) is 0 Å². The summed E-state index contributed by atoms with van der Waals surface area (Å²) >= 11 is 1.70. The Morgan fingerprint density at radius 1 is 1.11 bits per heavy atom. The van der Waals surface area contributed by atoms with Gasteiger partial charge in [0.15, 0.2) is 11.1 Å². The van der Waals surface area contributed by atoms with E-state index in [9.17, 15) is 0 Å². The van der Waals surface area contributed by atoms with E-state index >= 15 is 0 Å². The van der Waals surface area contributed by atoms with Crippen LogP contribution in [0.4, 0.5) is 5.13 Å². The third-order valence-electron chi connectivity index (χ3n) is 5.41. The van der Waals surface area contributed by atoms with E-state index in [0.717, 1.165) is 70.3 Å². The van der Waals surface area contributed by atoms with Gasteiger partial charge in [-0.15, -0.1) is 11.3 Å². The zero-order valence-corrected chi connectivity index (χ0v) is 16.6. The predicted octanol–water partition coefficient (Wildman–Crippen LogP) is 2.03. The molecule has 0 aliphatic carbocycles. The molecule has 2 N–H and O–H groups in total. The third-order valence-corrected chi connectivity index (χ3v) is 6.24. The molecule has 6 nitrogen and oxygen atoms in total. The van der Waals surface area contributed by atoms with Gasteiger partial charge in [-0.25, -0.2) is 4.98 Å². The smallest absolute Gasteiger partial charge is 0.191 e. The minimum atomic E-state index is 0.692. The maximum atomic E-state index is 6.23. The normalized spacial score (nSPS) is 18.6. The number of anilines is 1. The molecular formula is C20H28N6S. The Kier molecular flexibility index (Phi) is 5.89. The van der Waals surface area contributed by atoms with Gasteiger partial charge in [-0.1, -0.05) is 24.3 Å². The predicted molar refractivity (Wildman–Crippen MR) is 112 cm³/mol. The number of hydrogen-bond donors (Lipinski definition) is 1.